The lowest BCUT2D eigenvalue weighted by molar-refractivity contribution is -0.139. The van der Waals surface area contributed by atoms with E-state index >= 15 is 0 Å². The molecular weight excluding hydrogens is 390 g/mol. The highest BCUT2D eigenvalue weighted by atomic mass is 16.5. The van der Waals surface area contributed by atoms with Crippen molar-refractivity contribution in [2.45, 2.75) is 72.1 Å². The highest BCUT2D eigenvalue weighted by Gasteiger charge is 2.16. The second-order valence-electron chi connectivity index (χ2n) is 8.14. The van der Waals surface area contributed by atoms with Crippen LogP contribution in [0.4, 0.5) is 0 Å². The Bertz CT molecular complexity index is 862. The molecular formula is C25H37N3O3. The number of hydrogen-bond donors (Lipinski definition) is 1. The third-order valence-corrected chi connectivity index (χ3v) is 5.27. The van der Waals surface area contributed by atoms with Gasteiger partial charge in [0.15, 0.2) is 0 Å². The number of nitrogens with zero attached hydrogens (tertiary/aromatic N) is 2. The molecule has 1 amide bonds. The Morgan fingerprint density at radius 1 is 1.06 bits per heavy atom. The predicted molar refractivity (Wildman–Crippen MR) is 125 cm³/mol. The van der Waals surface area contributed by atoms with Gasteiger partial charge in [0.05, 0.1) is 17.6 Å². The highest BCUT2D eigenvalue weighted by molar-refractivity contribution is 5.97. The molecule has 1 aromatic carbocycles. The van der Waals surface area contributed by atoms with E-state index in [1.807, 2.05) is 23.1 Å². The van der Waals surface area contributed by atoms with Crippen LogP contribution in [0.25, 0.3) is 11.0 Å². The number of aromatic nitrogens is 2. The van der Waals surface area contributed by atoms with Crippen LogP contribution in [0.5, 0.6) is 0 Å². The second-order valence-corrected chi connectivity index (χ2v) is 8.14. The van der Waals surface area contributed by atoms with Crippen LogP contribution in [0.3, 0.4) is 0 Å². The van der Waals surface area contributed by atoms with Crippen LogP contribution in [0.1, 0.15) is 81.9 Å². The summed E-state index contributed by atoms with van der Waals surface area (Å²) in [5.41, 5.74) is 2.81. The molecule has 0 aliphatic heterocycles. The normalized spacial score (nSPS) is 10.9. The van der Waals surface area contributed by atoms with Gasteiger partial charge in [-0.1, -0.05) is 46.1 Å². The van der Waals surface area contributed by atoms with Crippen LogP contribution >= 0.6 is 0 Å². The van der Waals surface area contributed by atoms with Gasteiger partial charge in [-0.05, 0) is 44.4 Å². The fourth-order valence-corrected chi connectivity index (χ4v) is 3.44. The van der Waals surface area contributed by atoms with Gasteiger partial charge in [0.25, 0.3) is 5.91 Å². The van der Waals surface area contributed by atoms with Crippen LogP contribution in [0.2, 0.25) is 0 Å². The first-order valence-corrected chi connectivity index (χ1v) is 11.6. The lowest BCUT2D eigenvalue weighted by Crippen LogP contribution is -2.33. The van der Waals surface area contributed by atoms with Crippen molar-refractivity contribution < 1.29 is 14.3 Å². The maximum Gasteiger partial charge on any atom is 0.333 e. The average molecular weight is 428 g/mol. The molecule has 0 aliphatic carbocycles. The molecule has 2 aromatic rings. The Labute approximate surface area is 186 Å². The molecule has 1 heterocycles. The molecule has 31 heavy (non-hydrogen) atoms. The molecule has 2 rings (SSSR count). The number of amides is 1. The summed E-state index contributed by atoms with van der Waals surface area (Å²) in [7, 11) is 0. The van der Waals surface area contributed by atoms with E-state index in [0.717, 1.165) is 68.5 Å². The lowest BCUT2D eigenvalue weighted by Gasteiger charge is -2.23. The molecule has 170 valence electrons. The molecule has 0 atom stereocenters. The summed E-state index contributed by atoms with van der Waals surface area (Å²) >= 11 is 0. The maximum absolute atomic E-state index is 13.1. The first kappa shape index (κ1) is 24.6. The number of imidazole rings is 1. The number of H-pyrrole nitrogens is 1. The van der Waals surface area contributed by atoms with E-state index in [-0.39, 0.29) is 11.9 Å². The quantitative estimate of drug-likeness (QED) is 0.247. The molecule has 0 bridgehead atoms. The van der Waals surface area contributed by atoms with Gasteiger partial charge in [-0.3, -0.25) is 4.79 Å². The van der Waals surface area contributed by atoms with Crippen LogP contribution in [-0.4, -0.2) is 46.4 Å². The van der Waals surface area contributed by atoms with E-state index in [9.17, 15) is 9.59 Å². The third-order valence-electron chi connectivity index (χ3n) is 5.27. The molecule has 0 saturated carbocycles. The first-order chi connectivity index (χ1) is 15.0. The van der Waals surface area contributed by atoms with E-state index in [1.54, 1.807) is 6.92 Å². The van der Waals surface area contributed by atoms with E-state index < -0.39 is 0 Å². The zero-order chi connectivity index (χ0) is 22.6. The average Bonchev–Trinajstić information content (AvgIpc) is 3.17. The number of benzene rings is 1. The molecule has 0 radical (unpaired) electrons. The number of carbonyl (C=O) groups is 2. The van der Waals surface area contributed by atoms with Gasteiger partial charge in [0.2, 0.25) is 0 Å². The number of carbonyl (C=O) groups excluding carboxylic acids is 2. The minimum Gasteiger partial charge on any atom is -0.462 e. The molecule has 0 aliphatic rings. The largest absolute Gasteiger partial charge is 0.462 e. The van der Waals surface area contributed by atoms with E-state index in [2.05, 4.69) is 30.4 Å². The van der Waals surface area contributed by atoms with Crippen molar-refractivity contribution in [2.24, 2.45) is 0 Å². The summed E-state index contributed by atoms with van der Waals surface area (Å²) in [6.45, 7) is 11.5. The van der Waals surface area contributed by atoms with Gasteiger partial charge < -0.3 is 14.6 Å². The van der Waals surface area contributed by atoms with Crippen LogP contribution in [-0.2, 0) is 16.0 Å². The van der Waals surface area contributed by atoms with Crippen molar-refractivity contribution in [3.8, 4) is 0 Å². The Kier molecular flexibility index (Phi) is 10.3. The summed E-state index contributed by atoms with van der Waals surface area (Å²) in [5, 5.41) is 0. The van der Waals surface area contributed by atoms with Crippen molar-refractivity contribution in [3.05, 3.63) is 41.7 Å². The molecule has 1 N–H and O–H groups in total. The highest BCUT2D eigenvalue weighted by Crippen LogP contribution is 2.17. The Balaban J connectivity index is 2.01. The summed E-state index contributed by atoms with van der Waals surface area (Å²) in [6, 6.07) is 5.68. The molecule has 0 spiro atoms. The summed E-state index contributed by atoms with van der Waals surface area (Å²) in [6.07, 6.45) is 8.00. The van der Waals surface area contributed by atoms with Crippen LogP contribution < -0.4 is 0 Å². The molecule has 6 nitrogen and oxygen atoms in total. The van der Waals surface area contributed by atoms with Gasteiger partial charge in [-0.2, -0.15) is 0 Å². The lowest BCUT2D eigenvalue weighted by atomic mass is 10.1. The van der Waals surface area contributed by atoms with Gasteiger partial charge in [-0.25, -0.2) is 9.78 Å². The first-order valence-electron chi connectivity index (χ1n) is 11.6. The smallest absolute Gasteiger partial charge is 0.333 e. The third kappa shape index (κ3) is 7.85. The molecule has 1 aromatic heterocycles. The summed E-state index contributed by atoms with van der Waals surface area (Å²) in [4.78, 5) is 34.5. The molecule has 0 unspecified atom stereocenters. The van der Waals surface area contributed by atoms with E-state index in [0.29, 0.717) is 30.6 Å². The number of fused-ring (bicyclic) bond motifs is 1. The Morgan fingerprint density at radius 3 is 2.35 bits per heavy atom. The van der Waals surface area contributed by atoms with E-state index in [1.165, 1.54) is 0 Å². The van der Waals surface area contributed by atoms with Crippen molar-refractivity contribution in [3.63, 3.8) is 0 Å². The van der Waals surface area contributed by atoms with Crippen molar-refractivity contribution >= 4 is 22.9 Å². The number of unbranched alkanes of at least 4 members (excludes halogenated alkanes) is 4. The minimum atomic E-state index is -0.366. The summed E-state index contributed by atoms with van der Waals surface area (Å²) < 4.78 is 5.13. The SMILES string of the molecule is C=C(C)C(=O)OCCCc1nc2ccc(C(=O)N(CCCCC)CCCCC)cc2[nH]1. The van der Waals surface area contributed by atoms with Crippen LogP contribution in [0, 0.1) is 0 Å². The topological polar surface area (TPSA) is 75.3 Å². The number of aryl methyl sites for hydroxylation is 1. The predicted octanol–water partition coefficient (Wildman–Crippen LogP) is 5.44. The molecule has 6 heteroatoms. The Hall–Kier alpha value is -2.63. The van der Waals surface area contributed by atoms with Crippen molar-refractivity contribution in [1.82, 2.24) is 14.9 Å². The van der Waals surface area contributed by atoms with Crippen LogP contribution in [0.15, 0.2) is 30.4 Å². The number of hydrogen-bond acceptors (Lipinski definition) is 4. The number of rotatable bonds is 14. The number of esters is 1. The molecule has 0 saturated heterocycles. The Morgan fingerprint density at radius 2 is 1.74 bits per heavy atom. The second kappa shape index (κ2) is 12.9. The van der Waals surface area contributed by atoms with Gasteiger partial charge in [0, 0.05) is 30.6 Å². The maximum atomic E-state index is 13.1. The van der Waals surface area contributed by atoms with Gasteiger partial charge >= 0.3 is 5.97 Å². The van der Waals surface area contributed by atoms with Gasteiger partial charge in [0.1, 0.15) is 5.82 Å². The fraction of sp³-hybridized carbons (Fsp3) is 0.560. The van der Waals surface area contributed by atoms with Gasteiger partial charge in [-0.15, -0.1) is 0 Å². The zero-order valence-electron chi connectivity index (χ0n) is 19.3. The zero-order valence-corrected chi connectivity index (χ0v) is 19.3. The minimum absolute atomic E-state index is 0.0944. The van der Waals surface area contributed by atoms with Crippen molar-refractivity contribution in [1.29, 1.82) is 0 Å². The number of aromatic amines is 1. The standard InChI is InChI=1S/C25H37N3O3/c1-5-7-9-15-28(16-10-8-6-2)24(29)20-13-14-21-22(18-20)27-23(26-21)12-11-17-31-25(30)19(3)4/h13-14,18H,3,5-12,15-17H2,1-2,4H3,(H,26,27). The fourth-order valence-electron chi connectivity index (χ4n) is 3.44. The monoisotopic (exact) mass is 427 g/mol. The number of ether oxygens (including phenoxy) is 1. The van der Waals surface area contributed by atoms with E-state index in [4.69, 9.17) is 4.74 Å². The van der Waals surface area contributed by atoms with Crippen molar-refractivity contribution in [2.75, 3.05) is 19.7 Å². The molecule has 0 fully saturated rings. The number of nitrogens with one attached hydrogen (secondary N) is 1. The summed E-state index contributed by atoms with van der Waals surface area (Å²) in [5.74, 6) is 0.556.